The number of rotatable bonds is 3. The molecule has 0 saturated carbocycles. The molecule has 9 nitrogen and oxygen atoms in total. The van der Waals surface area contributed by atoms with Crippen LogP contribution in [0.1, 0.15) is 48.3 Å². The first-order valence-electron chi connectivity index (χ1n) is 9.05. The Morgan fingerprint density at radius 3 is 2.59 bits per heavy atom. The number of carbonyl (C=O) groups excluding carboxylic acids is 2. The second-order valence-corrected chi connectivity index (χ2v) is 9.90. The molecular weight excluding hydrogens is 417 g/mol. The maximum Gasteiger partial charge on any atom is 0.397 e. The van der Waals surface area contributed by atoms with Crippen molar-refractivity contribution in [1.82, 2.24) is 15.6 Å². The minimum atomic E-state index is -4.56. The Balaban J connectivity index is 1.62. The molecule has 2 fully saturated rings. The van der Waals surface area contributed by atoms with Crippen molar-refractivity contribution in [3.05, 3.63) is 11.4 Å². The molecule has 3 heterocycles. The van der Waals surface area contributed by atoms with E-state index in [2.05, 4.69) is 24.6 Å². The van der Waals surface area contributed by atoms with Gasteiger partial charge in [0.1, 0.15) is 12.1 Å². The van der Waals surface area contributed by atoms with Gasteiger partial charge in [-0.05, 0) is 37.8 Å². The largest absolute Gasteiger partial charge is 0.397 e. The first kappa shape index (κ1) is 21.7. The number of carbonyl (C=O) groups is 2. The summed E-state index contributed by atoms with van der Waals surface area (Å²) in [6.45, 7) is 1.79. The van der Waals surface area contributed by atoms with Crippen LogP contribution in [0.15, 0.2) is 8.99 Å². The fourth-order valence-corrected chi connectivity index (χ4v) is 5.75. The number of halogens is 3. The number of amides is 2. The average Bonchev–Trinajstić information content (AvgIpc) is 3.03. The highest BCUT2D eigenvalue weighted by Gasteiger charge is 2.43. The van der Waals surface area contributed by atoms with Crippen molar-refractivity contribution in [2.24, 2.45) is 4.36 Å². The number of nitrogens with zero attached hydrogens (tertiary/aromatic N) is 3. The lowest BCUT2D eigenvalue weighted by atomic mass is 9.85. The van der Waals surface area contributed by atoms with Crippen molar-refractivity contribution < 1.29 is 36.3 Å². The lowest BCUT2D eigenvalue weighted by Gasteiger charge is -2.44. The smallest absolute Gasteiger partial charge is 0.375 e. The molecule has 0 bridgehead atoms. The maximum atomic E-state index is 12.9. The fourth-order valence-electron chi connectivity index (χ4n) is 3.59. The average molecular weight is 438 g/mol. The highest BCUT2D eigenvalue weighted by molar-refractivity contribution is 7.93. The summed E-state index contributed by atoms with van der Waals surface area (Å²) in [6.07, 6.45) is -4.71. The summed E-state index contributed by atoms with van der Waals surface area (Å²) in [6, 6.07) is -0.449. The molecule has 2 aliphatic rings. The zero-order valence-corrected chi connectivity index (χ0v) is 16.5. The molecule has 0 aromatic carbocycles. The van der Waals surface area contributed by atoms with Crippen molar-refractivity contribution in [3.63, 3.8) is 0 Å². The van der Waals surface area contributed by atoms with Gasteiger partial charge in [-0.25, -0.2) is 8.84 Å². The molecule has 3 rings (SSSR count). The molecule has 0 aliphatic carbocycles. The molecular formula is C16H21F3N4O5S. The Bertz CT molecular complexity index is 893. The van der Waals surface area contributed by atoms with E-state index in [0.717, 1.165) is 0 Å². The van der Waals surface area contributed by atoms with E-state index in [-0.39, 0.29) is 29.5 Å². The van der Waals surface area contributed by atoms with Gasteiger partial charge in [0.25, 0.3) is 0 Å². The summed E-state index contributed by atoms with van der Waals surface area (Å²) in [4.78, 5) is 23.7. The van der Waals surface area contributed by atoms with Crippen LogP contribution in [0.3, 0.4) is 0 Å². The standard InChI is InChI=1S/C16H21F3N4O5S/c1-10-13(22-28-21-10)14(25)23-29(26)6-3-15(4-7-29)8-11(2-5-27-15)20-12(24)9-16(17,18)19/h11H,2-9H2,1H3,(H,20,24). The second-order valence-electron chi connectivity index (χ2n) is 7.36. The molecule has 1 unspecified atom stereocenters. The normalized spacial score (nSPS) is 30.1. The Labute approximate surface area is 164 Å². The maximum absolute atomic E-state index is 12.9. The van der Waals surface area contributed by atoms with Crippen LogP contribution in [0, 0.1) is 6.92 Å². The van der Waals surface area contributed by atoms with Gasteiger partial charge in [-0.15, -0.1) is 0 Å². The van der Waals surface area contributed by atoms with Gasteiger partial charge in [-0.2, -0.15) is 17.5 Å². The van der Waals surface area contributed by atoms with Gasteiger partial charge >= 0.3 is 12.1 Å². The van der Waals surface area contributed by atoms with Crippen molar-refractivity contribution in [2.45, 2.75) is 56.8 Å². The van der Waals surface area contributed by atoms with Gasteiger partial charge < -0.3 is 10.1 Å². The topological polar surface area (TPSA) is 124 Å². The monoisotopic (exact) mass is 438 g/mol. The molecule has 1 N–H and O–H groups in total. The van der Waals surface area contributed by atoms with Crippen molar-refractivity contribution in [1.29, 1.82) is 0 Å². The summed E-state index contributed by atoms with van der Waals surface area (Å²) in [7, 11) is -2.82. The molecule has 1 aromatic heterocycles. The van der Waals surface area contributed by atoms with Crippen LogP contribution in [0.25, 0.3) is 0 Å². The Morgan fingerprint density at radius 1 is 1.31 bits per heavy atom. The first-order valence-corrected chi connectivity index (χ1v) is 10.9. The Morgan fingerprint density at radius 2 is 2.00 bits per heavy atom. The summed E-state index contributed by atoms with van der Waals surface area (Å²) >= 11 is 0. The molecule has 1 atom stereocenters. The van der Waals surface area contributed by atoms with Gasteiger partial charge in [0.15, 0.2) is 5.69 Å². The number of hydrogen-bond donors (Lipinski definition) is 1. The van der Waals surface area contributed by atoms with Gasteiger partial charge in [-0.1, -0.05) is 5.16 Å². The van der Waals surface area contributed by atoms with Crippen molar-refractivity contribution in [2.75, 3.05) is 18.1 Å². The molecule has 2 saturated heterocycles. The van der Waals surface area contributed by atoms with Gasteiger partial charge in [0.2, 0.25) is 5.91 Å². The van der Waals surface area contributed by atoms with Gasteiger partial charge in [0, 0.05) is 24.2 Å². The number of aromatic nitrogens is 2. The number of nitrogens with one attached hydrogen (secondary N) is 1. The van der Waals surface area contributed by atoms with Gasteiger partial charge in [-0.3, -0.25) is 9.59 Å². The van der Waals surface area contributed by atoms with Crippen LogP contribution < -0.4 is 5.32 Å². The quantitative estimate of drug-likeness (QED) is 0.763. The van der Waals surface area contributed by atoms with Crippen LogP contribution in [0.5, 0.6) is 0 Å². The molecule has 1 aromatic rings. The van der Waals surface area contributed by atoms with Crippen LogP contribution in [-0.4, -0.2) is 62.3 Å². The fraction of sp³-hybridized carbons (Fsp3) is 0.750. The van der Waals surface area contributed by atoms with Crippen molar-refractivity contribution >= 4 is 21.5 Å². The summed E-state index contributed by atoms with van der Waals surface area (Å²) in [5, 5.41) is 9.36. The highest BCUT2D eigenvalue weighted by atomic mass is 32.2. The van der Waals surface area contributed by atoms with Crippen LogP contribution in [0.4, 0.5) is 13.2 Å². The van der Waals surface area contributed by atoms with E-state index in [9.17, 15) is 27.0 Å². The SMILES string of the molecule is Cc1nonc1C(=O)N=S1(=O)CCC2(CC1)CC(NC(=O)CC(F)(F)F)CCO2. The third-order valence-corrected chi connectivity index (χ3v) is 7.26. The lowest BCUT2D eigenvalue weighted by Crippen LogP contribution is -2.52. The molecule has 162 valence electrons. The summed E-state index contributed by atoms with van der Waals surface area (Å²) in [5.74, 6) is -1.62. The highest BCUT2D eigenvalue weighted by Crippen LogP contribution is 2.36. The summed E-state index contributed by atoms with van der Waals surface area (Å²) < 4.78 is 64.1. The number of alkyl halides is 3. The molecule has 0 radical (unpaired) electrons. The Kier molecular flexibility index (Phi) is 5.99. The zero-order chi connectivity index (χ0) is 21.3. The molecule has 13 heteroatoms. The second kappa shape index (κ2) is 8.01. The van der Waals surface area contributed by atoms with Crippen molar-refractivity contribution in [3.8, 4) is 0 Å². The third kappa shape index (κ3) is 5.53. The van der Waals surface area contributed by atoms with E-state index < -0.39 is 45.8 Å². The lowest BCUT2D eigenvalue weighted by molar-refractivity contribution is -0.155. The van der Waals surface area contributed by atoms with E-state index in [1.165, 1.54) is 6.92 Å². The predicted molar refractivity (Wildman–Crippen MR) is 93.4 cm³/mol. The van der Waals surface area contributed by atoms with E-state index >= 15 is 0 Å². The van der Waals surface area contributed by atoms with E-state index in [4.69, 9.17) is 4.74 Å². The van der Waals surface area contributed by atoms with E-state index in [0.29, 0.717) is 25.7 Å². The van der Waals surface area contributed by atoms with E-state index in [1.54, 1.807) is 0 Å². The number of aryl methyl sites for hydroxylation is 1. The first-order chi connectivity index (χ1) is 13.5. The molecule has 2 amide bonds. The van der Waals surface area contributed by atoms with E-state index in [1.807, 2.05) is 0 Å². The minimum absolute atomic E-state index is 0.0885. The number of ether oxygens (including phenoxy) is 1. The minimum Gasteiger partial charge on any atom is -0.375 e. The summed E-state index contributed by atoms with van der Waals surface area (Å²) in [5.41, 5.74) is -0.532. The molecule has 29 heavy (non-hydrogen) atoms. The molecule has 2 aliphatic heterocycles. The zero-order valence-electron chi connectivity index (χ0n) is 15.7. The van der Waals surface area contributed by atoms with Crippen LogP contribution in [0.2, 0.25) is 0 Å². The van der Waals surface area contributed by atoms with Gasteiger partial charge in [0.05, 0.1) is 15.3 Å². The number of hydrogen-bond acceptors (Lipinski definition) is 7. The van der Waals surface area contributed by atoms with Crippen LogP contribution in [-0.2, 0) is 19.3 Å². The van der Waals surface area contributed by atoms with Crippen LogP contribution >= 0.6 is 0 Å². The third-order valence-electron chi connectivity index (χ3n) is 5.08. The molecule has 1 spiro atoms. The predicted octanol–water partition coefficient (Wildman–Crippen LogP) is 1.77. The Hall–Kier alpha value is -2.02.